The van der Waals surface area contributed by atoms with Gasteiger partial charge in [0.25, 0.3) is 0 Å². The molecule has 0 aliphatic carbocycles. The van der Waals surface area contributed by atoms with E-state index in [2.05, 4.69) is 19.0 Å². The third-order valence-electron chi connectivity index (χ3n) is 2.72. The number of halogens is 1. The number of methoxy groups -OCH3 is 1. The Kier molecular flexibility index (Phi) is 3.48. The van der Waals surface area contributed by atoms with Crippen LogP contribution in [0.2, 0.25) is 5.02 Å². The van der Waals surface area contributed by atoms with E-state index in [0.717, 1.165) is 11.1 Å². The van der Waals surface area contributed by atoms with Crippen LogP contribution in [0.4, 0.5) is 5.88 Å². The summed E-state index contributed by atoms with van der Waals surface area (Å²) in [6.07, 6.45) is 0. The Balaban J connectivity index is 2.57. The van der Waals surface area contributed by atoms with E-state index in [1.807, 2.05) is 6.07 Å². The molecule has 0 radical (unpaired) electrons. The molecular weight excluding hydrogens is 252 g/mol. The maximum Gasteiger partial charge on any atom is 0.222 e. The highest BCUT2D eigenvalue weighted by Crippen LogP contribution is 2.37. The van der Waals surface area contributed by atoms with Crippen molar-refractivity contribution in [2.45, 2.75) is 19.8 Å². The van der Waals surface area contributed by atoms with Crippen LogP contribution in [-0.4, -0.2) is 12.3 Å². The molecule has 0 amide bonds. The molecule has 0 fully saturated rings. The molecule has 5 heteroatoms. The van der Waals surface area contributed by atoms with E-state index in [9.17, 15) is 0 Å². The van der Waals surface area contributed by atoms with Gasteiger partial charge in [0.15, 0.2) is 0 Å². The molecule has 0 spiro atoms. The molecule has 0 saturated carbocycles. The molecule has 0 bridgehead atoms. The van der Waals surface area contributed by atoms with Crippen LogP contribution >= 0.6 is 11.6 Å². The quantitative estimate of drug-likeness (QED) is 0.920. The SMILES string of the molecule is COc1c(Cl)cc(-c2cc(N)on2)cc1C(C)C. The molecule has 1 aromatic heterocycles. The Bertz CT molecular complexity index is 564. The highest BCUT2D eigenvalue weighted by molar-refractivity contribution is 6.32. The molecule has 4 nitrogen and oxygen atoms in total. The lowest BCUT2D eigenvalue weighted by Gasteiger charge is -2.14. The third-order valence-corrected chi connectivity index (χ3v) is 3.00. The molecule has 18 heavy (non-hydrogen) atoms. The number of nitrogens with two attached hydrogens (primary N) is 1. The van der Waals surface area contributed by atoms with E-state index < -0.39 is 0 Å². The fourth-order valence-corrected chi connectivity index (χ4v) is 2.14. The van der Waals surface area contributed by atoms with E-state index in [4.69, 9.17) is 26.6 Å². The average Bonchev–Trinajstić information content (AvgIpc) is 2.74. The van der Waals surface area contributed by atoms with Gasteiger partial charge in [0.2, 0.25) is 5.88 Å². The topological polar surface area (TPSA) is 61.3 Å². The number of hydrogen-bond acceptors (Lipinski definition) is 4. The van der Waals surface area contributed by atoms with Crippen molar-refractivity contribution in [3.8, 4) is 17.0 Å². The maximum atomic E-state index is 6.22. The van der Waals surface area contributed by atoms with Crippen LogP contribution in [-0.2, 0) is 0 Å². The number of nitrogens with zero attached hydrogens (tertiary/aromatic N) is 1. The number of benzene rings is 1. The number of aromatic nitrogens is 1. The number of hydrogen-bond donors (Lipinski definition) is 1. The monoisotopic (exact) mass is 266 g/mol. The van der Waals surface area contributed by atoms with Crippen molar-refractivity contribution >= 4 is 17.5 Å². The molecule has 0 unspecified atom stereocenters. The van der Waals surface area contributed by atoms with Gasteiger partial charge >= 0.3 is 0 Å². The summed E-state index contributed by atoms with van der Waals surface area (Å²) in [5.41, 5.74) is 8.08. The molecule has 1 heterocycles. The molecule has 2 rings (SSSR count). The fourth-order valence-electron chi connectivity index (χ4n) is 1.83. The Morgan fingerprint density at radius 3 is 2.56 bits per heavy atom. The fraction of sp³-hybridized carbons (Fsp3) is 0.308. The lowest BCUT2D eigenvalue weighted by molar-refractivity contribution is 0.408. The Labute approximate surface area is 111 Å². The van der Waals surface area contributed by atoms with Gasteiger partial charge in [-0.15, -0.1) is 0 Å². The summed E-state index contributed by atoms with van der Waals surface area (Å²) in [4.78, 5) is 0. The highest BCUT2D eigenvalue weighted by Gasteiger charge is 2.15. The van der Waals surface area contributed by atoms with E-state index in [1.54, 1.807) is 19.2 Å². The van der Waals surface area contributed by atoms with Crippen LogP contribution in [0.3, 0.4) is 0 Å². The van der Waals surface area contributed by atoms with Gasteiger partial charge in [0, 0.05) is 11.6 Å². The smallest absolute Gasteiger partial charge is 0.222 e. The lowest BCUT2D eigenvalue weighted by Crippen LogP contribution is -1.96. The van der Waals surface area contributed by atoms with Gasteiger partial charge in [0.1, 0.15) is 11.4 Å². The average molecular weight is 267 g/mol. The molecular formula is C13H15ClN2O2. The number of nitrogen functional groups attached to an aromatic ring is 1. The summed E-state index contributed by atoms with van der Waals surface area (Å²) < 4.78 is 10.2. The van der Waals surface area contributed by atoms with Gasteiger partial charge in [-0.1, -0.05) is 30.6 Å². The van der Waals surface area contributed by atoms with Crippen LogP contribution < -0.4 is 10.5 Å². The maximum absolute atomic E-state index is 6.22. The van der Waals surface area contributed by atoms with Gasteiger partial charge in [-0.3, -0.25) is 0 Å². The van der Waals surface area contributed by atoms with Gasteiger partial charge in [0.05, 0.1) is 12.1 Å². The molecule has 1 aromatic carbocycles. The van der Waals surface area contributed by atoms with Crippen LogP contribution in [0.1, 0.15) is 25.3 Å². The summed E-state index contributed by atoms with van der Waals surface area (Å²) in [6.45, 7) is 4.16. The standard InChI is InChI=1S/C13H15ClN2O2/c1-7(2)9-4-8(5-10(14)13(9)17-3)11-6-12(15)18-16-11/h4-7H,15H2,1-3H3. The van der Waals surface area contributed by atoms with Crippen LogP contribution in [0, 0.1) is 0 Å². The van der Waals surface area contributed by atoms with E-state index in [1.165, 1.54) is 0 Å². The first kappa shape index (κ1) is 12.8. The number of anilines is 1. The molecule has 0 saturated heterocycles. The first-order valence-corrected chi connectivity index (χ1v) is 6.00. The molecule has 2 N–H and O–H groups in total. The first-order valence-electron chi connectivity index (χ1n) is 5.63. The Hall–Kier alpha value is -1.68. The summed E-state index contributed by atoms with van der Waals surface area (Å²) in [5, 5.41) is 4.44. The van der Waals surface area contributed by atoms with E-state index in [0.29, 0.717) is 22.4 Å². The van der Waals surface area contributed by atoms with Crippen LogP contribution in [0.5, 0.6) is 5.75 Å². The molecule has 2 aromatic rings. The molecule has 0 aliphatic rings. The van der Waals surface area contributed by atoms with Crippen LogP contribution in [0.15, 0.2) is 22.7 Å². The minimum atomic E-state index is 0.281. The molecule has 0 atom stereocenters. The summed E-state index contributed by atoms with van der Waals surface area (Å²) in [5.74, 6) is 1.27. The Morgan fingerprint density at radius 2 is 2.06 bits per heavy atom. The highest BCUT2D eigenvalue weighted by atomic mass is 35.5. The van der Waals surface area contributed by atoms with Crippen LogP contribution in [0.25, 0.3) is 11.3 Å². The zero-order valence-electron chi connectivity index (χ0n) is 10.5. The van der Waals surface area contributed by atoms with Gasteiger partial charge in [-0.05, 0) is 23.6 Å². The second-order valence-electron chi connectivity index (χ2n) is 4.35. The van der Waals surface area contributed by atoms with Crippen molar-refractivity contribution in [3.63, 3.8) is 0 Å². The zero-order valence-corrected chi connectivity index (χ0v) is 11.3. The van der Waals surface area contributed by atoms with Crippen molar-refractivity contribution < 1.29 is 9.26 Å². The summed E-state index contributed by atoms with van der Waals surface area (Å²) >= 11 is 6.22. The van der Waals surface area contributed by atoms with Crippen molar-refractivity contribution in [3.05, 3.63) is 28.8 Å². The van der Waals surface area contributed by atoms with Crippen molar-refractivity contribution in [1.29, 1.82) is 0 Å². The number of rotatable bonds is 3. The van der Waals surface area contributed by atoms with Crippen molar-refractivity contribution in [2.24, 2.45) is 0 Å². The lowest BCUT2D eigenvalue weighted by atomic mass is 9.98. The normalized spacial score (nSPS) is 10.9. The van der Waals surface area contributed by atoms with Gasteiger partial charge in [-0.2, -0.15) is 0 Å². The van der Waals surface area contributed by atoms with E-state index >= 15 is 0 Å². The second kappa shape index (κ2) is 4.90. The third kappa shape index (κ3) is 2.29. The predicted molar refractivity (Wildman–Crippen MR) is 72.0 cm³/mol. The van der Waals surface area contributed by atoms with Crippen molar-refractivity contribution in [2.75, 3.05) is 12.8 Å². The molecule has 0 aliphatic heterocycles. The predicted octanol–water partition coefficient (Wildman–Crippen LogP) is 3.71. The Morgan fingerprint density at radius 1 is 1.33 bits per heavy atom. The minimum absolute atomic E-state index is 0.281. The first-order chi connectivity index (χ1) is 8.52. The minimum Gasteiger partial charge on any atom is -0.495 e. The van der Waals surface area contributed by atoms with Gasteiger partial charge < -0.3 is 15.0 Å². The summed E-state index contributed by atoms with van der Waals surface area (Å²) in [7, 11) is 1.61. The largest absolute Gasteiger partial charge is 0.495 e. The van der Waals surface area contributed by atoms with E-state index in [-0.39, 0.29) is 5.88 Å². The number of ether oxygens (including phenoxy) is 1. The molecule has 96 valence electrons. The summed E-state index contributed by atoms with van der Waals surface area (Å²) in [6, 6.07) is 5.46. The van der Waals surface area contributed by atoms with Gasteiger partial charge in [-0.25, -0.2) is 0 Å². The van der Waals surface area contributed by atoms with Crippen molar-refractivity contribution in [1.82, 2.24) is 5.16 Å². The second-order valence-corrected chi connectivity index (χ2v) is 4.76. The zero-order chi connectivity index (χ0) is 13.3.